The maximum atomic E-state index is 5.88. The standard InChI is InChI=1S/C13H21N3O2/c1-9(14)11-8-15-12(16-10(11)2)13(17-3)4-6-18-7-5-13/h8-9H,4-7,14H2,1-3H3/t9-/m0/s1. The van der Waals surface area contributed by atoms with Crippen LogP contribution < -0.4 is 5.73 Å². The lowest BCUT2D eigenvalue weighted by Crippen LogP contribution is -2.37. The highest BCUT2D eigenvalue weighted by atomic mass is 16.5. The summed E-state index contributed by atoms with van der Waals surface area (Å²) in [7, 11) is 1.71. The highest BCUT2D eigenvalue weighted by Gasteiger charge is 2.37. The predicted octanol–water partition coefficient (Wildman–Crippen LogP) is 1.46. The third-order valence-corrected chi connectivity index (χ3v) is 3.61. The van der Waals surface area contributed by atoms with Gasteiger partial charge < -0.3 is 15.2 Å². The summed E-state index contributed by atoms with van der Waals surface area (Å²) in [5, 5.41) is 0. The quantitative estimate of drug-likeness (QED) is 0.880. The second-order valence-corrected chi connectivity index (χ2v) is 4.83. The molecule has 1 aliphatic heterocycles. The zero-order valence-corrected chi connectivity index (χ0v) is 11.3. The Bertz CT molecular complexity index is 415. The van der Waals surface area contributed by atoms with Gasteiger partial charge in [-0.2, -0.15) is 0 Å². The number of methoxy groups -OCH3 is 1. The van der Waals surface area contributed by atoms with Crippen molar-refractivity contribution in [3.63, 3.8) is 0 Å². The van der Waals surface area contributed by atoms with E-state index in [4.69, 9.17) is 15.2 Å². The monoisotopic (exact) mass is 251 g/mol. The van der Waals surface area contributed by atoms with Gasteiger partial charge in [0.05, 0.1) is 0 Å². The van der Waals surface area contributed by atoms with Crippen LogP contribution in [0, 0.1) is 6.92 Å². The van der Waals surface area contributed by atoms with E-state index in [1.165, 1.54) is 0 Å². The summed E-state index contributed by atoms with van der Waals surface area (Å²) in [5.74, 6) is 0.746. The first-order chi connectivity index (χ1) is 8.59. The lowest BCUT2D eigenvalue weighted by atomic mass is 9.92. The molecule has 2 heterocycles. The maximum Gasteiger partial charge on any atom is 0.160 e. The van der Waals surface area contributed by atoms with Gasteiger partial charge in [0, 0.05) is 56.7 Å². The molecule has 2 rings (SSSR count). The molecule has 0 amide bonds. The molecule has 0 aliphatic carbocycles. The second-order valence-electron chi connectivity index (χ2n) is 4.83. The Morgan fingerprint density at radius 1 is 1.44 bits per heavy atom. The summed E-state index contributed by atoms with van der Waals surface area (Å²) in [6.45, 7) is 5.27. The van der Waals surface area contributed by atoms with Crippen LogP contribution in [0.2, 0.25) is 0 Å². The van der Waals surface area contributed by atoms with E-state index in [-0.39, 0.29) is 6.04 Å². The minimum atomic E-state index is -0.403. The Labute approximate surface area is 108 Å². The van der Waals surface area contributed by atoms with Crippen molar-refractivity contribution in [1.29, 1.82) is 0 Å². The smallest absolute Gasteiger partial charge is 0.160 e. The number of ether oxygens (including phenoxy) is 2. The summed E-state index contributed by atoms with van der Waals surface area (Å²) in [4.78, 5) is 9.05. The van der Waals surface area contributed by atoms with Crippen LogP contribution in [0.1, 0.15) is 42.9 Å². The van der Waals surface area contributed by atoms with E-state index in [1.807, 2.05) is 20.0 Å². The second kappa shape index (κ2) is 5.30. The van der Waals surface area contributed by atoms with E-state index >= 15 is 0 Å². The highest BCUT2D eigenvalue weighted by Crippen LogP contribution is 2.33. The molecule has 1 saturated heterocycles. The molecule has 0 bridgehead atoms. The van der Waals surface area contributed by atoms with Crippen molar-refractivity contribution in [2.45, 2.75) is 38.3 Å². The molecule has 1 fully saturated rings. The number of rotatable bonds is 3. The van der Waals surface area contributed by atoms with Crippen LogP contribution in [0.4, 0.5) is 0 Å². The fraction of sp³-hybridized carbons (Fsp3) is 0.692. The molecule has 18 heavy (non-hydrogen) atoms. The first-order valence-electron chi connectivity index (χ1n) is 6.31. The van der Waals surface area contributed by atoms with Gasteiger partial charge in [0.2, 0.25) is 0 Å². The molecule has 0 radical (unpaired) electrons. The fourth-order valence-electron chi connectivity index (χ4n) is 2.36. The van der Waals surface area contributed by atoms with Gasteiger partial charge >= 0.3 is 0 Å². The minimum absolute atomic E-state index is 0.0489. The lowest BCUT2D eigenvalue weighted by Gasteiger charge is -2.34. The molecule has 0 saturated carbocycles. The Kier molecular flexibility index (Phi) is 3.94. The van der Waals surface area contributed by atoms with E-state index in [1.54, 1.807) is 7.11 Å². The van der Waals surface area contributed by atoms with Crippen LogP contribution in [0.3, 0.4) is 0 Å². The van der Waals surface area contributed by atoms with Crippen LogP contribution >= 0.6 is 0 Å². The van der Waals surface area contributed by atoms with Crippen molar-refractivity contribution < 1.29 is 9.47 Å². The molecule has 1 aromatic rings. The molecule has 1 atom stereocenters. The number of nitrogens with zero attached hydrogens (tertiary/aromatic N) is 2. The molecular formula is C13H21N3O2. The summed E-state index contributed by atoms with van der Waals surface area (Å²) in [6, 6.07) is -0.0489. The predicted molar refractivity (Wildman–Crippen MR) is 68.1 cm³/mol. The number of hydrogen-bond acceptors (Lipinski definition) is 5. The minimum Gasteiger partial charge on any atom is -0.381 e. The zero-order valence-electron chi connectivity index (χ0n) is 11.3. The van der Waals surface area contributed by atoms with Gasteiger partial charge in [-0.3, -0.25) is 0 Å². The average molecular weight is 251 g/mol. The van der Waals surface area contributed by atoms with Crippen LogP contribution in [-0.2, 0) is 15.1 Å². The normalized spacial score (nSPS) is 20.7. The average Bonchev–Trinajstić information content (AvgIpc) is 2.39. The third kappa shape index (κ3) is 2.39. The summed E-state index contributed by atoms with van der Waals surface area (Å²) in [5.41, 5.74) is 7.39. The van der Waals surface area contributed by atoms with Gasteiger partial charge in [0.25, 0.3) is 0 Å². The van der Waals surface area contributed by atoms with E-state index in [0.717, 1.165) is 29.9 Å². The van der Waals surface area contributed by atoms with Crippen molar-refractivity contribution in [3.05, 3.63) is 23.3 Å². The lowest BCUT2D eigenvalue weighted by molar-refractivity contribution is -0.100. The molecule has 0 unspecified atom stereocenters. The summed E-state index contributed by atoms with van der Waals surface area (Å²) < 4.78 is 11.1. The largest absolute Gasteiger partial charge is 0.381 e. The van der Waals surface area contributed by atoms with Gasteiger partial charge in [-0.1, -0.05) is 0 Å². The van der Waals surface area contributed by atoms with Crippen molar-refractivity contribution in [2.24, 2.45) is 5.73 Å². The number of aryl methyl sites for hydroxylation is 1. The molecule has 1 aliphatic rings. The van der Waals surface area contributed by atoms with Crippen molar-refractivity contribution >= 4 is 0 Å². The van der Waals surface area contributed by atoms with Gasteiger partial charge in [0.1, 0.15) is 5.60 Å². The molecular weight excluding hydrogens is 230 g/mol. The number of aromatic nitrogens is 2. The van der Waals surface area contributed by atoms with Crippen LogP contribution in [0.5, 0.6) is 0 Å². The van der Waals surface area contributed by atoms with E-state index < -0.39 is 5.60 Å². The Morgan fingerprint density at radius 2 is 2.11 bits per heavy atom. The molecule has 2 N–H and O–H groups in total. The van der Waals surface area contributed by atoms with Gasteiger partial charge in [-0.05, 0) is 13.8 Å². The Balaban J connectivity index is 2.34. The van der Waals surface area contributed by atoms with Crippen molar-refractivity contribution in [2.75, 3.05) is 20.3 Å². The number of nitrogens with two attached hydrogens (primary N) is 1. The van der Waals surface area contributed by atoms with Crippen LogP contribution in [0.25, 0.3) is 0 Å². The van der Waals surface area contributed by atoms with Gasteiger partial charge in [-0.15, -0.1) is 0 Å². The van der Waals surface area contributed by atoms with Crippen LogP contribution in [0.15, 0.2) is 6.20 Å². The topological polar surface area (TPSA) is 70.3 Å². The molecule has 5 nitrogen and oxygen atoms in total. The molecule has 100 valence electrons. The van der Waals surface area contributed by atoms with E-state index in [2.05, 4.69) is 9.97 Å². The first-order valence-corrected chi connectivity index (χ1v) is 6.31. The molecule has 0 spiro atoms. The van der Waals surface area contributed by atoms with Gasteiger partial charge in [0.15, 0.2) is 5.82 Å². The van der Waals surface area contributed by atoms with E-state index in [0.29, 0.717) is 13.2 Å². The molecule has 0 aromatic carbocycles. The Hall–Kier alpha value is -1.04. The zero-order chi connectivity index (χ0) is 13.2. The van der Waals surface area contributed by atoms with Crippen LogP contribution in [-0.4, -0.2) is 30.3 Å². The first kappa shape index (κ1) is 13.4. The summed E-state index contributed by atoms with van der Waals surface area (Å²) in [6.07, 6.45) is 3.40. The third-order valence-electron chi connectivity index (χ3n) is 3.61. The highest BCUT2D eigenvalue weighted by molar-refractivity contribution is 5.21. The fourth-order valence-corrected chi connectivity index (χ4v) is 2.36. The van der Waals surface area contributed by atoms with E-state index in [9.17, 15) is 0 Å². The van der Waals surface area contributed by atoms with Gasteiger partial charge in [-0.25, -0.2) is 9.97 Å². The molecule has 1 aromatic heterocycles. The SMILES string of the molecule is COC1(c2ncc([C@H](C)N)c(C)n2)CCOCC1. The Morgan fingerprint density at radius 3 is 2.61 bits per heavy atom. The van der Waals surface area contributed by atoms with Crippen molar-refractivity contribution in [3.8, 4) is 0 Å². The molecule has 5 heteroatoms. The summed E-state index contributed by atoms with van der Waals surface area (Å²) >= 11 is 0. The maximum absolute atomic E-state index is 5.88. The van der Waals surface area contributed by atoms with Crippen molar-refractivity contribution in [1.82, 2.24) is 9.97 Å². The number of hydrogen-bond donors (Lipinski definition) is 1.